The van der Waals surface area contributed by atoms with E-state index in [2.05, 4.69) is 62.2 Å². The van der Waals surface area contributed by atoms with Crippen LogP contribution in [0.2, 0.25) is 0 Å². The van der Waals surface area contributed by atoms with Gasteiger partial charge in [-0.1, -0.05) is 26.8 Å². The Kier molecular flexibility index (Phi) is 6.46. The minimum absolute atomic E-state index is 0.188. The first-order valence-corrected chi connectivity index (χ1v) is 7.41. The van der Waals surface area contributed by atoms with E-state index in [0.29, 0.717) is 6.04 Å². The number of hydrogen-bond acceptors (Lipinski definition) is 3. The molecule has 0 aliphatic carbocycles. The summed E-state index contributed by atoms with van der Waals surface area (Å²) in [6, 6.07) is 6.60. The lowest BCUT2D eigenvalue weighted by atomic mass is 9.81. The van der Waals surface area contributed by atoms with Crippen LogP contribution >= 0.6 is 0 Å². The van der Waals surface area contributed by atoms with Gasteiger partial charge in [-0.3, -0.25) is 4.98 Å². The van der Waals surface area contributed by atoms with Crippen molar-refractivity contribution in [3.63, 3.8) is 0 Å². The maximum atomic E-state index is 4.48. The minimum atomic E-state index is 0.188. The van der Waals surface area contributed by atoms with Gasteiger partial charge >= 0.3 is 0 Å². The molecule has 0 fully saturated rings. The van der Waals surface area contributed by atoms with Gasteiger partial charge in [-0.2, -0.15) is 0 Å². The van der Waals surface area contributed by atoms with E-state index < -0.39 is 0 Å². The zero-order chi connectivity index (χ0) is 14.3. The number of nitrogens with one attached hydrogen (secondary N) is 1. The molecule has 0 radical (unpaired) electrons. The van der Waals surface area contributed by atoms with E-state index >= 15 is 0 Å². The molecule has 0 amide bonds. The molecule has 0 aliphatic heterocycles. The Bertz CT molecular complexity index is 344. The molecule has 1 N–H and O–H groups in total. The first-order chi connectivity index (χ1) is 9.10. The molecule has 0 spiro atoms. The maximum Gasteiger partial charge on any atom is 0.0419 e. The Labute approximate surface area is 118 Å². The Morgan fingerprint density at radius 2 is 1.89 bits per heavy atom. The highest BCUT2D eigenvalue weighted by atomic mass is 15.2. The van der Waals surface area contributed by atoms with E-state index in [4.69, 9.17) is 0 Å². The summed E-state index contributed by atoms with van der Waals surface area (Å²) in [7, 11) is 4.38. The van der Waals surface area contributed by atoms with Crippen LogP contribution in [0.1, 0.15) is 39.3 Å². The second-order valence-corrected chi connectivity index (χ2v) is 5.34. The van der Waals surface area contributed by atoms with E-state index in [9.17, 15) is 0 Å². The van der Waals surface area contributed by atoms with Crippen molar-refractivity contribution in [3.8, 4) is 0 Å². The predicted molar refractivity (Wildman–Crippen MR) is 82.4 cm³/mol. The smallest absolute Gasteiger partial charge is 0.0419 e. The topological polar surface area (TPSA) is 28.2 Å². The molecule has 1 rings (SSSR count). The second-order valence-electron chi connectivity index (χ2n) is 5.34. The van der Waals surface area contributed by atoms with Crippen molar-refractivity contribution in [3.05, 3.63) is 30.1 Å². The van der Waals surface area contributed by atoms with Gasteiger partial charge in [0.05, 0.1) is 0 Å². The standard InChI is InChI=1S/C16H29N3/c1-6-16(7-2,19(4)5)15(17-8-3)13-14-11-9-10-12-18-14/h9-12,15,17H,6-8,13H2,1-5H3. The second kappa shape index (κ2) is 7.61. The molecule has 1 heterocycles. The number of hydrogen-bond donors (Lipinski definition) is 1. The van der Waals surface area contributed by atoms with Crippen molar-refractivity contribution in [2.45, 2.75) is 51.6 Å². The van der Waals surface area contributed by atoms with Crippen molar-refractivity contribution in [1.82, 2.24) is 15.2 Å². The maximum absolute atomic E-state index is 4.48. The van der Waals surface area contributed by atoms with E-state index in [1.165, 1.54) is 5.69 Å². The van der Waals surface area contributed by atoms with Gasteiger partial charge in [-0.15, -0.1) is 0 Å². The van der Waals surface area contributed by atoms with E-state index in [0.717, 1.165) is 25.8 Å². The van der Waals surface area contributed by atoms with Gasteiger partial charge in [0.1, 0.15) is 0 Å². The average Bonchev–Trinajstić information content (AvgIpc) is 2.41. The summed E-state index contributed by atoms with van der Waals surface area (Å²) < 4.78 is 0. The lowest BCUT2D eigenvalue weighted by Crippen LogP contribution is -2.59. The molecule has 0 aliphatic rings. The molecule has 0 bridgehead atoms. The van der Waals surface area contributed by atoms with Crippen LogP contribution in [-0.2, 0) is 6.42 Å². The fourth-order valence-electron chi connectivity index (χ4n) is 3.11. The molecule has 1 aromatic rings. The fraction of sp³-hybridized carbons (Fsp3) is 0.688. The van der Waals surface area contributed by atoms with Crippen molar-refractivity contribution in [2.75, 3.05) is 20.6 Å². The summed E-state index contributed by atoms with van der Waals surface area (Å²) in [5, 5.41) is 3.67. The van der Waals surface area contributed by atoms with Crippen molar-refractivity contribution >= 4 is 0 Å². The summed E-state index contributed by atoms with van der Waals surface area (Å²) in [5.41, 5.74) is 1.36. The molecule has 3 heteroatoms. The highest BCUT2D eigenvalue weighted by Gasteiger charge is 2.37. The zero-order valence-corrected chi connectivity index (χ0v) is 13.1. The molecule has 1 unspecified atom stereocenters. The number of likely N-dealkylation sites (N-methyl/N-ethyl adjacent to an activating group) is 2. The third-order valence-electron chi connectivity index (χ3n) is 4.35. The molecular weight excluding hydrogens is 234 g/mol. The largest absolute Gasteiger partial charge is 0.312 e. The Hall–Kier alpha value is -0.930. The SMILES string of the molecule is CCNC(Cc1ccccn1)C(CC)(CC)N(C)C. The van der Waals surface area contributed by atoms with E-state index in [1.807, 2.05) is 12.3 Å². The first-order valence-electron chi connectivity index (χ1n) is 7.41. The van der Waals surface area contributed by atoms with Gasteiger partial charge in [0.15, 0.2) is 0 Å². The van der Waals surface area contributed by atoms with Crippen LogP contribution in [0.4, 0.5) is 0 Å². The van der Waals surface area contributed by atoms with Gasteiger partial charge in [-0.05, 0) is 45.6 Å². The minimum Gasteiger partial charge on any atom is -0.312 e. The van der Waals surface area contributed by atoms with Gasteiger partial charge in [0, 0.05) is 29.9 Å². The molecule has 0 saturated heterocycles. The molecule has 1 aromatic heterocycles. The van der Waals surface area contributed by atoms with Crippen LogP contribution in [0.25, 0.3) is 0 Å². The van der Waals surface area contributed by atoms with Gasteiger partial charge < -0.3 is 10.2 Å². The first kappa shape index (κ1) is 16.1. The van der Waals surface area contributed by atoms with Crippen LogP contribution in [0, 0.1) is 0 Å². The summed E-state index contributed by atoms with van der Waals surface area (Å²) >= 11 is 0. The quantitative estimate of drug-likeness (QED) is 0.781. The zero-order valence-electron chi connectivity index (χ0n) is 13.1. The number of rotatable bonds is 8. The van der Waals surface area contributed by atoms with Gasteiger partial charge in [0.2, 0.25) is 0 Å². The van der Waals surface area contributed by atoms with Gasteiger partial charge in [-0.25, -0.2) is 0 Å². The third kappa shape index (κ3) is 3.77. The summed E-state index contributed by atoms with van der Waals surface area (Å²) in [4.78, 5) is 6.86. The van der Waals surface area contributed by atoms with Crippen LogP contribution in [0.15, 0.2) is 24.4 Å². The lowest BCUT2D eigenvalue weighted by Gasteiger charge is -2.45. The van der Waals surface area contributed by atoms with Crippen LogP contribution in [-0.4, -0.2) is 42.1 Å². The molecular formula is C16H29N3. The average molecular weight is 263 g/mol. The monoisotopic (exact) mass is 263 g/mol. The molecule has 0 saturated carbocycles. The summed E-state index contributed by atoms with van der Waals surface area (Å²) in [6.07, 6.45) is 5.14. The lowest BCUT2D eigenvalue weighted by molar-refractivity contribution is 0.0885. The van der Waals surface area contributed by atoms with E-state index in [-0.39, 0.29) is 5.54 Å². The molecule has 3 nitrogen and oxygen atoms in total. The third-order valence-corrected chi connectivity index (χ3v) is 4.35. The molecule has 1 atom stereocenters. The van der Waals surface area contributed by atoms with Crippen molar-refractivity contribution < 1.29 is 0 Å². The highest BCUT2D eigenvalue weighted by Crippen LogP contribution is 2.27. The number of aromatic nitrogens is 1. The van der Waals surface area contributed by atoms with Crippen molar-refractivity contribution in [2.24, 2.45) is 0 Å². The Morgan fingerprint density at radius 3 is 2.32 bits per heavy atom. The molecule has 108 valence electrons. The number of nitrogens with zero attached hydrogens (tertiary/aromatic N) is 2. The Morgan fingerprint density at radius 1 is 1.21 bits per heavy atom. The van der Waals surface area contributed by atoms with Gasteiger partial charge in [0.25, 0.3) is 0 Å². The van der Waals surface area contributed by atoms with Crippen LogP contribution < -0.4 is 5.32 Å². The van der Waals surface area contributed by atoms with Crippen LogP contribution in [0.5, 0.6) is 0 Å². The summed E-state index contributed by atoms with van der Waals surface area (Å²) in [5.74, 6) is 0. The van der Waals surface area contributed by atoms with Crippen molar-refractivity contribution in [1.29, 1.82) is 0 Å². The highest BCUT2D eigenvalue weighted by molar-refractivity contribution is 5.09. The summed E-state index contributed by atoms with van der Waals surface area (Å²) in [6.45, 7) is 7.74. The van der Waals surface area contributed by atoms with E-state index in [1.54, 1.807) is 0 Å². The van der Waals surface area contributed by atoms with Crippen LogP contribution in [0.3, 0.4) is 0 Å². The predicted octanol–water partition coefficient (Wildman–Crippen LogP) is 2.72. The Balaban J connectivity index is 2.97. The normalized spacial score (nSPS) is 13.8. The fourth-order valence-corrected chi connectivity index (χ4v) is 3.11. The number of pyridine rings is 1. The molecule has 0 aromatic carbocycles. The molecule has 19 heavy (non-hydrogen) atoms.